The molecule has 2 N–H and O–H groups in total. The molecule has 4 rings (SSSR count). The second-order valence-electron chi connectivity index (χ2n) is 5.77. The van der Waals surface area contributed by atoms with E-state index >= 15 is 0 Å². The van der Waals surface area contributed by atoms with E-state index in [1.165, 1.54) is 5.56 Å². The smallest absolute Gasteiger partial charge is 0.251 e. The fourth-order valence-electron chi connectivity index (χ4n) is 3.31. The topological polar surface area (TPSA) is 54.3 Å². The first-order valence-electron chi connectivity index (χ1n) is 7.55. The molecule has 108 valence electrons. The van der Waals surface area contributed by atoms with Crippen LogP contribution in [0.3, 0.4) is 0 Å². The molecule has 0 saturated carbocycles. The Bertz CT molecular complexity index is 690. The van der Waals surface area contributed by atoms with Gasteiger partial charge in [-0.25, -0.2) is 0 Å². The third-order valence-electron chi connectivity index (χ3n) is 4.44. The summed E-state index contributed by atoms with van der Waals surface area (Å²) in [6.45, 7) is 0.960. The molecule has 1 aromatic heterocycles. The van der Waals surface area contributed by atoms with Gasteiger partial charge in [0.15, 0.2) is 0 Å². The summed E-state index contributed by atoms with van der Waals surface area (Å²) in [7, 11) is 0. The standard InChI is InChI=1S/C17H18N2O2/c20-17(12-5-4-11-6-8-18-15(11)10-12)19-14-2-1-3-16-13(14)7-9-21-16/h4-5,7,9-10,14,18H,1-3,6,8H2,(H,19,20). The lowest BCUT2D eigenvalue weighted by molar-refractivity contribution is 0.0932. The molecule has 2 aromatic rings. The highest BCUT2D eigenvalue weighted by Gasteiger charge is 2.24. The molecule has 1 aliphatic carbocycles. The van der Waals surface area contributed by atoms with Crippen LogP contribution in [0.5, 0.6) is 0 Å². The molecule has 2 heterocycles. The van der Waals surface area contributed by atoms with Crippen molar-refractivity contribution < 1.29 is 9.21 Å². The van der Waals surface area contributed by atoms with E-state index in [1.54, 1.807) is 6.26 Å². The van der Waals surface area contributed by atoms with Crippen molar-refractivity contribution >= 4 is 11.6 Å². The number of anilines is 1. The predicted octanol–water partition coefficient (Wildman–Crippen LogP) is 3.06. The molecule has 2 aliphatic rings. The number of carbonyl (C=O) groups is 1. The van der Waals surface area contributed by atoms with Crippen molar-refractivity contribution in [3.63, 3.8) is 0 Å². The van der Waals surface area contributed by atoms with Crippen molar-refractivity contribution in [2.75, 3.05) is 11.9 Å². The average Bonchev–Trinajstić information content (AvgIpc) is 3.15. The molecule has 1 unspecified atom stereocenters. The first-order valence-corrected chi connectivity index (χ1v) is 7.55. The Balaban J connectivity index is 1.54. The van der Waals surface area contributed by atoms with E-state index in [0.717, 1.165) is 54.8 Å². The molecular formula is C17H18N2O2. The Morgan fingerprint density at radius 2 is 2.24 bits per heavy atom. The number of hydrogen-bond donors (Lipinski definition) is 2. The van der Waals surface area contributed by atoms with Gasteiger partial charge in [-0.05, 0) is 43.0 Å². The molecule has 0 fully saturated rings. The van der Waals surface area contributed by atoms with Gasteiger partial charge in [-0.2, -0.15) is 0 Å². The molecule has 1 amide bonds. The van der Waals surface area contributed by atoms with Crippen LogP contribution in [0.2, 0.25) is 0 Å². The Morgan fingerprint density at radius 1 is 1.29 bits per heavy atom. The molecule has 1 aromatic carbocycles. The monoisotopic (exact) mass is 282 g/mol. The van der Waals surface area contributed by atoms with Crippen molar-refractivity contribution in [3.8, 4) is 0 Å². The predicted molar refractivity (Wildman–Crippen MR) is 80.5 cm³/mol. The van der Waals surface area contributed by atoms with E-state index < -0.39 is 0 Å². The van der Waals surface area contributed by atoms with Crippen LogP contribution in [0.4, 0.5) is 5.69 Å². The average molecular weight is 282 g/mol. The van der Waals surface area contributed by atoms with Crippen molar-refractivity contribution in [1.82, 2.24) is 5.32 Å². The highest BCUT2D eigenvalue weighted by Crippen LogP contribution is 2.31. The van der Waals surface area contributed by atoms with Gasteiger partial charge in [-0.3, -0.25) is 4.79 Å². The van der Waals surface area contributed by atoms with Gasteiger partial charge in [0.05, 0.1) is 12.3 Å². The number of benzene rings is 1. The van der Waals surface area contributed by atoms with E-state index in [9.17, 15) is 4.79 Å². The highest BCUT2D eigenvalue weighted by molar-refractivity contribution is 5.95. The number of nitrogens with one attached hydrogen (secondary N) is 2. The maximum atomic E-state index is 12.5. The zero-order chi connectivity index (χ0) is 14.2. The summed E-state index contributed by atoms with van der Waals surface area (Å²) in [5.74, 6) is 1.01. The van der Waals surface area contributed by atoms with Crippen LogP contribution in [0.15, 0.2) is 34.9 Å². The summed E-state index contributed by atoms with van der Waals surface area (Å²) >= 11 is 0. The fourth-order valence-corrected chi connectivity index (χ4v) is 3.31. The van der Waals surface area contributed by atoms with Crippen LogP contribution in [0.25, 0.3) is 0 Å². The number of amides is 1. The minimum absolute atomic E-state index is 0.00875. The lowest BCUT2D eigenvalue weighted by Gasteiger charge is -2.22. The van der Waals surface area contributed by atoms with Crippen molar-refractivity contribution in [2.45, 2.75) is 31.7 Å². The SMILES string of the molecule is O=C(NC1CCCc2occc21)c1ccc2c(c1)NCC2. The summed E-state index contributed by atoms with van der Waals surface area (Å²) in [6, 6.07) is 7.97. The van der Waals surface area contributed by atoms with E-state index in [4.69, 9.17) is 4.42 Å². The van der Waals surface area contributed by atoms with Gasteiger partial charge in [-0.1, -0.05) is 6.07 Å². The molecule has 0 bridgehead atoms. The molecule has 4 heteroatoms. The first-order chi connectivity index (χ1) is 10.3. The summed E-state index contributed by atoms with van der Waals surface area (Å²) in [5, 5.41) is 6.46. The summed E-state index contributed by atoms with van der Waals surface area (Å²) in [4.78, 5) is 12.5. The van der Waals surface area contributed by atoms with E-state index in [0.29, 0.717) is 0 Å². The maximum Gasteiger partial charge on any atom is 0.251 e. The third-order valence-corrected chi connectivity index (χ3v) is 4.44. The van der Waals surface area contributed by atoms with Crippen LogP contribution < -0.4 is 10.6 Å². The zero-order valence-corrected chi connectivity index (χ0v) is 11.8. The van der Waals surface area contributed by atoms with E-state index in [-0.39, 0.29) is 11.9 Å². The van der Waals surface area contributed by atoms with Gasteiger partial charge >= 0.3 is 0 Å². The molecular weight excluding hydrogens is 264 g/mol. The number of furan rings is 1. The van der Waals surface area contributed by atoms with Crippen LogP contribution in [0, 0.1) is 0 Å². The molecule has 0 spiro atoms. The van der Waals surface area contributed by atoms with Gasteiger partial charge in [0, 0.05) is 29.8 Å². The Kier molecular flexibility index (Phi) is 2.95. The normalized spacial score (nSPS) is 19.5. The van der Waals surface area contributed by atoms with Crippen LogP contribution in [-0.4, -0.2) is 12.5 Å². The quantitative estimate of drug-likeness (QED) is 0.890. The van der Waals surface area contributed by atoms with Gasteiger partial charge in [0.2, 0.25) is 0 Å². The summed E-state index contributed by atoms with van der Waals surface area (Å²) in [6.07, 6.45) is 5.75. The fraction of sp³-hybridized carbons (Fsp3) is 0.353. The highest BCUT2D eigenvalue weighted by atomic mass is 16.3. The molecule has 21 heavy (non-hydrogen) atoms. The zero-order valence-electron chi connectivity index (χ0n) is 11.8. The minimum atomic E-state index is -0.00875. The first kappa shape index (κ1) is 12.5. The number of fused-ring (bicyclic) bond motifs is 2. The third kappa shape index (κ3) is 2.20. The molecule has 1 aliphatic heterocycles. The Hall–Kier alpha value is -2.23. The number of carbonyl (C=O) groups excluding carboxylic acids is 1. The van der Waals surface area contributed by atoms with Crippen LogP contribution in [0.1, 0.15) is 46.1 Å². The number of aryl methyl sites for hydroxylation is 1. The van der Waals surface area contributed by atoms with E-state index in [2.05, 4.69) is 10.6 Å². The van der Waals surface area contributed by atoms with Gasteiger partial charge in [0.25, 0.3) is 5.91 Å². The lowest BCUT2D eigenvalue weighted by Crippen LogP contribution is -2.30. The van der Waals surface area contributed by atoms with Crippen molar-refractivity contribution in [1.29, 1.82) is 0 Å². The van der Waals surface area contributed by atoms with Gasteiger partial charge in [-0.15, -0.1) is 0 Å². The van der Waals surface area contributed by atoms with Crippen LogP contribution in [-0.2, 0) is 12.8 Å². The maximum absolute atomic E-state index is 12.5. The van der Waals surface area contributed by atoms with Crippen molar-refractivity contribution in [3.05, 3.63) is 53.0 Å². The number of rotatable bonds is 2. The van der Waals surface area contributed by atoms with Gasteiger partial charge in [0.1, 0.15) is 5.76 Å². The molecule has 0 saturated heterocycles. The Morgan fingerprint density at radius 3 is 3.19 bits per heavy atom. The molecule has 0 radical (unpaired) electrons. The largest absolute Gasteiger partial charge is 0.469 e. The summed E-state index contributed by atoms with van der Waals surface area (Å²) < 4.78 is 5.47. The number of hydrogen-bond acceptors (Lipinski definition) is 3. The van der Waals surface area contributed by atoms with Gasteiger partial charge < -0.3 is 15.1 Å². The second-order valence-corrected chi connectivity index (χ2v) is 5.77. The van der Waals surface area contributed by atoms with E-state index in [1.807, 2.05) is 24.3 Å². The second kappa shape index (κ2) is 4.95. The summed E-state index contributed by atoms with van der Waals surface area (Å²) in [5.41, 5.74) is 4.24. The molecule has 1 atom stereocenters. The van der Waals surface area contributed by atoms with Crippen LogP contribution >= 0.6 is 0 Å². The molecule has 4 nitrogen and oxygen atoms in total. The lowest BCUT2D eigenvalue weighted by atomic mass is 9.93. The minimum Gasteiger partial charge on any atom is -0.469 e. The Labute approximate surface area is 123 Å². The van der Waals surface area contributed by atoms with Crippen molar-refractivity contribution in [2.24, 2.45) is 0 Å².